The van der Waals surface area contributed by atoms with Gasteiger partial charge in [-0.1, -0.05) is 24.3 Å². The van der Waals surface area contributed by atoms with Crippen LogP contribution in [0.25, 0.3) is 0 Å². The minimum absolute atomic E-state index is 0.0534. The fraction of sp³-hybridized carbons (Fsp3) is 0.588. The minimum Gasteiger partial charge on any atom is -0.317 e. The molecule has 0 aromatic heterocycles. The van der Waals surface area contributed by atoms with Crippen molar-refractivity contribution in [2.45, 2.75) is 43.9 Å². The Kier molecular flexibility index (Phi) is 2.88. The number of aryl methyl sites for hydroxylation is 1. The molecule has 21 heavy (non-hydrogen) atoms. The number of carbonyl (C=O) groups excluding carboxylic acids is 1. The smallest absolute Gasteiger partial charge is 0.244 e. The summed E-state index contributed by atoms with van der Waals surface area (Å²) in [5.74, 6) is 0.330. The molecule has 2 unspecified atom stereocenters. The number of hydrogen-bond acceptors (Lipinski definition) is 3. The van der Waals surface area contributed by atoms with Crippen LogP contribution in [0, 0.1) is 6.92 Å². The van der Waals surface area contributed by atoms with Crippen LogP contribution in [0.3, 0.4) is 0 Å². The fourth-order valence-electron chi connectivity index (χ4n) is 3.88. The first kappa shape index (κ1) is 13.3. The lowest BCUT2D eigenvalue weighted by atomic mass is 10.0. The molecule has 2 heterocycles. The average molecular weight is 285 g/mol. The molecule has 4 nitrogen and oxygen atoms in total. The number of rotatable bonds is 2. The third kappa shape index (κ3) is 2.00. The molecule has 2 aliphatic heterocycles. The standard InChI is InChI=1S/C17H23N3O/c1-12-5-3-4-6-14(12)15-18-17(8-9-17)16(21)20(15)13-7-10-19(2)11-13/h3-6,13,15,18H,7-11H2,1-2H3. The van der Waals surface area contributed by atoms with E-state index in [1.54, 1.807) is 0 Å². The molecular formula is C17H23N3O. The third-order valence-corrected chi connectivity index (χ3v) is 5.33. The van der Waals surface area contributed by atoms with Crippen molar-refractivity contribution in [3.05, 3.63) is 35.4 Å². The SMILES string of the molecule is Cc1ccccc1C1NC2(CC2)C(=O)N1C1CCN(C)C1. The maximum absolute atomic E-state index is 12.9. The van der Waals surface area contributed by atoms with Crippen LogP contribution >= 0.6 is 0 Å². The largest absolute Gasteiger partial charge is 0.317 e. The van der Waals surface area contributed by atoms with Gasteiger partial charge in [0.1, 0.15) is 11.7 Å². The van der Waals surface area contributed by atoms with Crippen LogP contribution in [0.1, 0.15) is 36.6 Å². The molecule has 112 valence electrons. The molecule has 1 amide bonds. The van der Waals surface area contributed by atoms with Gasteiger partial charge in [0, 0.05) is 12.6 Å². The summed E-state index contributed by atoms with van der Waals surface area (Å²) in [4.78, 5) is 17.4. The molecule has 0 bridgehead atoms. The van der Waals surface area contributed by atoms with Gasteiger partial charge in [0.2, 0.25) is 5.91 Å². The summed E-state index contributed by atoms with van der Waals surface area (Å²) in [6.07, 6.45) is 3.13. The van der Waals surface area contributed by atoms with Gasteiger partial charge in [-0.05, 0) is 50.9 Å². The highest BCUT2D eigenvalue weighted by molar-refractivity contribution is 5.92. The molecule has 0 radical (unpaired) electrons. The summed E-state index contributed by atoms with van der Waals surface area (Å²) >= 11 is 0. The number of amides is 1. The molecular weight excluding hydrogens is 262 g/mol. The maximum Gasteiger partial charge on any atom is 0.244 e. The summed E-state index contributed by atoms with van der Waals surface area (Å²) in [7, 11) is 2.14. The zero-order chi connectivity index (χ0) is 14.6. The normalized spacial score (nSPS) is 31.3. The van der Waals surface area contributed by atoms with Crippen LogP contribution in [0.15, 0.2) is 24.3 Å². The van der Waals surface area contributed by atoms with Crippen molar-refractivity contribution in [3.63, 3.8) is 0 Å². The molecule has 1 saturated carbocycles. The number of likely N-dealkylation sites (tertiary alicyclic amines) is 1. The van der Waals surface area contributed by atoms with Crippen molar-refractivity contribution in [2.75, 3.05) is 20.1 Å². The molecule has 3 fully saturated rings. The van der Waals surface area contributed by atoms with E-state index in [1.807, 2.05) is 0 Å². The van der Waals surface area contributed by atoms with Crippen LogP contribution in [0.4, 0.5) is 0 Å². The Morgan fingerprint density at radius 1 is 1.29 bits per heavy atom. The Morgan fingerprint density at radius 3 is 2.67 bits per heavy atom. The molecule has 1 N–H and O–H groups in total. The van der Waals surface area contributed by atoms with Gasteiger partial charge in [0.05, 0.1) is 0 Å². The minimum atomic E-state index is -0.242. The number of likely N-dealkylation sites (N-methyl/N-ethyl adjacent to an activating group) is 1. The van der Waals surface area contributed by atoms with Gasteiger partial charge in [0.25, 0.3) is 0 Å². The summed E-state index contributed by atoms with van der Waals surface area (Å²) in [6.45, 7) is 4.21. The van der Waals surface area contributed by atoms with E-state index in [0.717, 1.165) is 32.4 Å². The highest BCUT2D eigenvalue weighted by Gasteiger charge is 2.60. The van der Waals surface area contributed by atoms with Gasteiger partial charge >= 0.3 is 0 Å². The Balaban J connectivity index is 1.70. The third-order valence-electron chi connectivity index (χ3n) is 5.33. The predicted molar refractivity (Wildman–Crippen MR) is 81.8 cm³/mol. The van der Waals surface area contributed by atoms with E-state index >= 15 is 0 Å². The zero-order valence-corrected chi connectivity index (χ0v) is 12.8. The van der Waals surface area contributed by atoms with Crippen molar-refractivity contribution in [1.82, 2.24) is 15.1 Å². The van der Waals surface area contributed by atoms with Gasteiger partial charge in [-0.15, -0.1) is 0 Å². The molecule has 1 aromatic rings. The Hall–Kier alpha value is -1.39. The van der Waals surface area contributed by atoms with Crippen molar-refractivity contribution in [3.8, 4) is 0 Å². The molecule has 4 heteroatoms. The summed E-state index contributed by atoms with van der Waals surface area (Å²) in [5, 5.41) is 3.65. The van der Waals surface area contributed by atoms with Gasteiger partial charge in [-0.25, -0.2) is 0 Å². The molecule has 1 aliphatic carbocycles. The first-order valence-corrected chi connectivity index (χ1v) is 7.95. The number of benzene rings is 1. The predicted octanol–water partition coefficient (Wildman–Crippen LogP) is 1.66. The van der Waals surface area contributed by atoms with Crippen molar-refractivity contribution >= 4 is 5.91 Å². The van der Waals surface area contributed by atoms with Crippen molar-refractivity contribution in [1.29, 1.82) is 0 Å². The summed E-state index contributed by atoms with van der Waals surface area (Å²) < 4.78 is 0. The topological polar surface area (TPSA) is 35.6 Å². The van der Waals surface area contributed by atoms with E-state index in [9.17, 15) is 4.79 Å². The molecule has 4 rings (SSSR count). The van der Waals surface area contributed by atoms with Gasteiger partial charge < -0.3 is 9.80 Å². The van der Waals surface area contributed by atoms with Crippen molar-refractivity contribution < 1.29 is 4.79 Å². The maximum atomic E-state index is 12.9. The summed E-state index contributed by atoms with van der Waals surface area (Å²) in [5.41, 5.74) is 2.27. The molecule has 2 atom stereocenters. The molecule has 2 saturated heterocycles. The second-order valence-corrected chi connectivity index (χ2v) is 6.90. The second kappa shape index (κ2) is 4.55. The number of carbonyl (C=O) groups is 1. The fourth-order valence-corrected chi connectivity index (χ4v) is 3.88. The Bertz CT molecular complexity index is 581. The van der Waals surface area contributed by atoms with Gasteiger partial charge in [-0.2, -0.15) is 0 Å². The lowest BCUT2D eigenvalue weighted by Crippen LogP contribution is -2.42. The lowest BCUT2D eigenvalue weighted by Gasteiger charge is -2.31. The Morgan fingerprint density at radius 2 is 2.05 bits per heavy atom. The first-order chi connectivity index (χ1) is 10.1. The number of hydrogen-bond donors (Lipinski definition) is 1. The lowest BCUT2D eigenvalue weighted by molar-refractivity contribution is -0.132. The van der Waals surface area contributed by atoms with Gasteiger partial charge in [0.15, 0.2) is 0 Å². The van der Waals surface area contributed by atoms with Crippen molar-refractivity contribution in [2.24, 2.45) is 0 Å². The average Bonchev–Trinajstić information content (AvgIpc) is 3.04. The summed E-state index contributed by atoms with van der Waals surface area (Å²) in [6, 6.07) is 8.78. The van der Waals surface area contributed by atoms with E-state index in [0.29, 0.717) is 11.9 Å². The quantitative estimate of drug-likeness (QED) is 0.898. The van der Waals surface area contributed by atoms with Gasteiger partial charge in [-0.3, -0.25) is 10.1 Å². The monoisotopic (exact) mass is 285 g/mol. The van der Waals surface area contributed by atoms with E-state index < -0.39 is 0 Å². The Labute approximate surface area is 126 Å². The second-order valence-electron chi connectivity index (χ2n) is 6.90. The zero-order valence-electron chi connectivity index (χ0n) is 12.8. The van der Waals surface area contributed by atoms with Crippen LogP contribution in [-0.4, -0.2) is 47.4 Å². The van der Waals surface area contributed by atoms with E-state index in [2.05, 4.69) is 53.4 Å². The molecule has 3 aliphatic rings. The highest BCUT2D eigenvalue weighted by Crippen LogP contribution is 2.47. The van der Waals surface area contributed by atoms with E-state index in [1.165, 1.54) is 11.1 Å². The molecule has 1 spiro atoms. The van der Waals surface area contributed by atoms with Crippen LogP contribution in [-0.2, 0) is 4.79 Å². The number of nitrogens with one attached hydrogen (secondary N) is 1. The van der Waals surface area contributed by atoms with Crippen LogP contribution in [0.5, 0.6) is 0 Å². The number of nitrogens with zero attached hydrogens (tertiary/aromatic N) is 2. The molecule has 1 aromatic carbocycles. The van der Waals surface area contributed by atoms with E-state index in [4.69, 9.17) is 0 Å². The highest BCUT2D eigenvalue weighted by atomic mass is 16.2. The van der Waals surface area contributed by atoms with Crippen LogP contribution < -0.4 is 5.32 Å². The van der Waals surface area contributed by atoms with E-state index in [-0.39, 0.29) is 11.7 Å². The first-order valence-electron chi connectivity index (χ1n) is 7.95. The van der Waals surface area contributed by atoms with Crippen LogP contribution in [0.2, 0.25) is 0 Å².